The molecular formula is C13H13FN2O2. The van der Waals surface area contributed by atoms with Crippen LogP contribution in [-0.4, -0.2) is 20.9 Å². The maximum Gasteiger partial charge on any atom is 0.309 e. The molecule has 0 atom stereocenters. The molecule has 2 aromatic rings. The molecule has 1 aromatic carbocycles. The number of benzene rings is 1. The number of aliphatic carboxylic acids is 1. The van der Waals surface area contributed by atoms with E-state index in [1.807, 2.05) is 6.92 Å². The predicted molar refractivity (Wildman–Crippen MR) is 64.7 cm³/mol. The summed E-state index contributed by atoms with van der Waals surface area (Å²) >= 11 is 0. The first-order chi connectivity index (χ1) is 8.49. The SMILES string of the molecule is Cc1c(-c2ccc(F)cc2)nn(C)c1CC(=O)O. The first-order valence-corrected chi connectivity index (χ1v) is 5.49. The Morgan fingerprint density at radius 1 is 1.39 bits per heavy atom. The van der Waals surface area contributed by atoms with Gasteiger partial charge in [0.1, 0.15) is 5.82 Å². The highest BCUT2D eigenvalue weighted by molar-refractivity contribution is 5.72. The molecule has 0 bridgehead atoms. The van der Waals surface area contributed by atoms with Gasteiger partial charge in [0.05, 0.1) is 17.8 Å². The maximum absolute atomic E-state index is 12.9. The monoisotopic (exact) mass is 248 g/mol. The fourth-order valence-electron chi connectivity index (χ4n) is 1.94. The normalized spacial score (nSPS) is 10.6. The van der Waals surface area contributed by atoms with Crippen LogP contribution in [0, 0.1) is 12.7 Å². The summed E-state index contributed by atoms with van der Waals surface area (Å²) in [5.74, 6) is -1.20. The molecule has 0 radical (unpaired) electrons. The van der Waals surface area contributed by atoms with Crippen LogP contribution in [0.2, 0.25) is 0 Å². The number of nitrogens with zero attached hydrogens (tertiary/aromatic N) is 2. The van der Waals surface area contributed by atoms with Crippen LogP contribution in [0.4, 0.5) is 4.39 Å². The Bertz CT molecular complexity index is 588. The van der Waals surface area contributed by atoms with Crippen molar-refractivity contribution < 1.29 is 14.3 Å². The van der Waals surface area contributed by atoms with Crippen molar-refractivity contribution in [3.8, 4) is 11.3 Å². The van der Waals surface area contributed by atoms with E-state index in [1.165, 1.54) is 12.1 Å². The lowest BCUT2D eigenvalue weighted by atomic mass is 10.1. The third kappa shape index (κ3) is 2.25. The zero-order valence-corrected chi connectivity index (χ0v) is 10.1. The van der Waals surface area contributed by atoms with Gasteiger partial charge in [0.2, 0.25) is 0 Å². The van der Waals surface area contributed by atoms with Crippen molar-refractivity contribution >= 4 is 5.97 Å². The van der Waals surface area contributed by atoms with E-state index in [0.717, 1.165) is 11.1 Å². The molecule has 5 heteroatoms. The van der Waals surface area contributed by atoms with Crippen LogP contribution in [0.25, 0.3) is 11.3 Å². The van der Waals surface area contributed by atoms with E-state index in [9.17, 15) is 9.18 Å². The topological polar surface area (TPSA) is 55.1 Å². The van der Waals surface area contributed by atoms with Gasteiger partial charge < -0.3 is 5.11 Å². The third-order valence-electron chi connectivity index (χ3n) is 2.87. The summed E-state index contributed by atoms with van der Waals surface area (Å²) < 4.78 is 14.4. The van der Waals surface area contributed by atoms with Crippen LogP contribution >= 0.6 is 0 Å². The van der Waals surface area contributed by atoms with Crippen LogP contribution in [0.15, 0.2) is 24.3 Å². The van der Waals surface area contributed by atoms with Crippen LogP contribution in [0.5, 0.6) is 0 Å². The van der Waals surface area contributed by atoms with E-state index in [4.69, 9.17) is 5.11 Å². The highest BCUT2D eigenvalue weighted by atomic mass is 19.1. The van der Waals surface area contributed by atoms with Crippen LogP contribution in [-0.2, 0) is 18.3 Å². The average Bonchev–Trinajstić information content (AvgIpc) is 2.58. The number of aromatic nitrogens is 2. The highest BCUT2D eigenvalue weighted by Gasteiger charge is 2.15. The van der Waals surface area contributed by atoms with Crippen molar-refractivity contribution in [1.29, 1.82) is 0 Å². The fraction of sp³-hybridized carbons (Fsp3) is 0.231. The molecule has 4 nitrogen and oxygen atoms in total. The molecule has 2 rings (SSSR count). The number of carboxylic acid groups (broad SMARTS) is 1. The lowest BCUT2D eigenvalue weighted by molar-refractivity contribution is -0.136. The van der Waals surface area contributed by atoms with Crippen molar-refractivity contribution in [2.24, 2.45) is 7.05 Å². The molecule has 0 aliphatic carbocycles. The minimum absolute atomic E-state index is 0.0729. The molecule has 1 heterocycles. The second-order valence-electron chi connectivity index (χ2n) is 4.12. The fourth-order valence-corrected chi connectivity index (χ4v) is 1.94. The Hall–Kier alpha value is -2.17. The summed E-state index contributed by atoms with van der Waals surface area (Å²) in [4.78, 5) is 10.8. The summed E-state index contributed by atoms with van der Waals surface area (Å²) in [5, 5.41) is 13.1. The molecule has 0 aliphatic rings. The summed E-state index contributed by atoms with van der Waals surface area (Å²) in [6.07, 6.45) is -0.0729. The number of carbonyl (C=O) groups is 1. The van der Waals surface area contributed by atoms with Gasteiger partial charge in [-0.2, -0.15) is 5.10 Å². The molecule has 0 spiro atoms. The zero-order chi connectivity index (χ0) is 13.3. The van der Waals surface area contributed by atoms with Gasteiger partial charge in [-0.1, -0.05) is 0 Å². The second-order valence-corrected chi connectivity index (χ2v) is 4.12. The van der Waals surface area contributed by atoms with Crippen LogP contribution in [0.1, 0.15) is 11.3 Å². The second kappa shape index (κ2) is 4.60. The van der Waals surface area contributed by atoms with E-state index in [1.54, 1.807) is 23.9 Å². The lowest BCUT2D eigenvalue weighted by Crippen LogP contribution is -2.06. The number of hydrogen-bond donors (Lipinski definition) is 1. The molecule has 18 heavy (non-hydrogen) atoms. The van der Waals surface area contributed by atoms with Gasteiger partial charge in [0.25, 0.3) is 0 Å². The van der Waals surface area contributed by atoms with Crippen molar-refractivity contribution in [1.82, 2.24) is 9.78 Å². The molecule has 0 amide bonds. The zero-order valence-electron chi connectivity index (χ0n) is 10.1. The first-order valence-electron chi connectivity index (χ1n) is 5.49. The molecule has 0 unspecified atom stereocenters. The van der Waals surface area contributed by atoms with Crippen LogP contribution in [0.3, 0.4) is 0 Å². The molecule has 0 fully saturated rings. The first kappa shape index (κ1) is 12.3. The average molecular weight is 248 g/mol. The number of rotatable bonds is 3. The largest absolute Gasteiger partial charge is 0.481 e. The van der Waals surface area contributed by atoms with Gasteiger partial charge in [-0.15, -0.1) is 0 Å². The van der Waals surface area contributed by atoms with Gasteiger partial charge in [0.15, 0.2) is 0 Å². The van der Waals surface area contributed by atoms with Gasteiger partial charge in [-0.3, -0.25) is 9.48 Å². The van der Waals surface area contributed by atoms with Gasteiger partial charge >= 0.3 is 5.97 Å². The van der Waals surface area contributed by atoms with Gasteiger partial charge in [0, 0.05) is 12.6 Å². The molecule has 94 valence electrons. The van der Waals surface area contributed by atoms with E-state index < -0.39 is 5.97 Å². The number of hydrogen-bond acceptors (Lipinski definition) is 2. The summed E-state index contributed by atoms with van der Waals surface area (Å²) in [7, 11) is 1.71. The minimum Gasteiger partial charge on any atom is -0.481 e. The summed E-state index contributed by atoms with van der Waals surface area (Å²) in [6.45, 7) is 1.82. The standard InChI is InChI=1S/C13H13FN2O2/c1-8-11(7-12(17)18)16(2)15-13(8)9-3-5-10(14)6-4-9/h3-6H,7H2,1-2H3,(H,17,18). The Labute approximate surface area is 104 Å². The molecule has 1 aromatic heterocycles. The Morgan fingerprint density at radius 3 is 2.56 bits per heavy atom. The molecular weight excluding hydrogens is 235 g/mol. The smallest absolute Gasteiger partial charge is 0.309 e. The van der Waals surface area contributed by atoms with Crippen molar-refractivity contribution in [3.05, 3.63) is 41.3 Å². The summed E-state index contributed by atoms with van der Waals surface area (Å²) in [5.41, 5.74) is 2.93. The van der Waals surface area contributed by atoms with Crippen molar-refractivity contribution in [2.45, 2.75) is 13.3 Å². The Morgan fingerprint density at radius 2 is 2.00 bits per heavy atom. The molecule has 0 saturated heterocycles. The quantitative estimate of drug-likeness (QED) is 0.905. The highest BCUT2D eigenvalue weighted by Crippen LogP contribution is 2.24. The maximum atomic E-state index is 12.9. The number of halogens is 1. The van der Waals surface area contributed by atoms with Crippen molar-refractivity contribution in [2.75, 3.05) is 0 Å². The lowest BCUT2D eigenvalue weighted by Gasteiger charge is -1.99. The number of aryl methyl sites for hydroxylation is 1. The Balaban J connectivity index is 2.46. The predicted octanol–water partition coefficient (Wildman–Crippen LogP) is 2.16. The summed E-state index contributed by atoms with van der Waals surface area (Å²) in [6, 6.07) is 5.99. The third-order valence-corrected chi connectivity index (χ3v) is 2.87. The number of carboxylic acids is 1. The van der Waals surface area contributed by atoms with Crippen molar-refractivity contribution in [3.63, 3.8) is 0 Å². The molecule has 1 N–H and O–H groups in total. The minimum atomic E-state index is -0.897. The van der Waals surface area contributed by atoms with Gasteiger partial charge in [-0.25, -0.2) is 4.39 Å². The van der Waals surface area contributed by atoms with E-state index in [2.05, 4.69) is 5.10 Å². The Kier molecular flexibility index (Phi) is 3.14. The van der Waals surface area contributed by atoms with Gasteiger partial charge in [-0.05, 0) is 36.8 Å². The van der Waals surface area contributed by atoms with E-state index in [-0.39, 0.29) is 12.2 Å². The molecule has 0 aliphatic heterocycles. The molecule has 0 saturated carbocycles. The van der Waals surface area contributed by atoms with E-state index >= 15 is 0 Å². The van der Waals surface area contributed by atoms with Crippen LogP contribution < -0.4 is 0 Å². The van der Waals surface area contributed by atoms with E-state index in [0.29, 0.717) is 11.4 Å².